The van der Waals surface area contributed by atoms with Crippen molar-refractivity contribution in [1.82, 2.24) is 0 Å². The van der Waals surface area contributed by atoms with Crippen molar-refractivity contribution in [3.05, 3.63) is 0 Å². The number of rotatable bonds is 0. The second-order valence-electron chi connectivity index (χ2n) is 0.967. The first kappa shape index (κ1) is 307. The molecular formula is C2H41AlNa2O21S. The van der Waals surface area contributed by atoms with Crippen LogP contribution in [0.3, 0.4) is 0 Å². The molecule has 21 nitrogen and oxygen atoms in total. The van der Waals surface area contributed by atoms with Crippen molar-refractivity contribution < 1.29 is 110 Å². The molecule has 0 aromatic rings. The van der Waals surface area contributed by atoms with E-state index in [1.54, 1.807) is 0 Å². The van der Waals surface area contributed by atoms with Gasteiger partial charge in [0.25, 0.3) is 5.97 Å². The molecule has 0 aliphatic rings. The quantitative estimate of drug-likeness (QED) is 0.211. The minimum atomic E-state index is -4.67. The van der Waals surface area contributed by atoms with Gasteiger partial charge in [-0.2, -0.15) is 8.42 Å². The van der Waals surface area contributed by atoms with Gasteiger partial charge in [-0.15, -0.1) is 0 Å². The Hall–Kier alpha value is 1.27. The Morgan fingerprint density at radius 2 is 0.556 bits per heavy atom. The summed E-state index contributed by atoms with van der Waals surface area (Å²) < 4.78 is 31.6. The molecule has 0 radical (unpaired) electrons. The fourth-order valence-electron chi connectivity index (χ4n) is 0. The van der Waals surface area contributed by atoms with Crippen LogP contribution < -0.4 is 0 Å². The molecule has 0 amide bonds. The molecule has 0 aromatic carbocycles. The molecule has 25 heteroatoms. The van der Waals surface area contributed by atoms with Crippen LogP contribution in [0.25, 0.3) is 0 Å². The van der Waals surface area contributed by atoms with Crippen LogP contribution in [0.5, 0.6) is 0 Å². The molecule has 0 rings (SSSR count). The van der Waals surface area contributed by atoms with Gasteiger partial charge in [-0.1, -0.05) is 0 Å². The Morgan fingerprint density at radius 3 is 0.556 bits per heavy atom. The third kappa shape index (κ3) is 10800. The Balaban J connectivity index is -0.00000000121. The van der Waals surface area contributed by atoms with Gasteiger partial charge in [-0.25, -0.2) is 0 Å². The fourth-order valence-corrected chi connectivity index (χ4v) is 0. The molecule has 0 fully saturated rings. The number of carbonyl (C=O) groups is 1. The number of carboxylic acid groups (broad SMARTS) is 1. The molecule has 0 saturated heterocycles. The van der Waals surface area contributed by atoms with Gasteiger partial charge in [0.05, 0.1) is 0 Å². The van der Waals surface area contributed by atoms with E-state index in [4.69, 9.17) is 27.4 Å². The molecule has 0 unspecified atom stereocenters. The molecular weight excluding hydrogens is 465 g/mol. The summed E-state index contributed by atoms with van der Waals surface area (Å²) in [5.74, 6) is -0.833. The van der Waals surface area contributed by atoms with Crippen molar-refractivity contribution in [1.29, 1.82) is 0 Å². The van der Waals surface area contributed by atoms with Crippen LogP contribution in [0, 0.1) is 0 Å². The molecule has 27 heavy (non-hydrogen) atoms. The van der Waals surface area contributed by atoms with Gasteiger partial charge >= 0.3 is 69.5 Å². The van der Waals surface area contributed by atoms with Gasteiger partial charge in [0.15, 0.2) is 17.4 Å². The van der Waals surface area contributed by atoms with Crippen LogP contribution in [-0.2, 0) is 15.2 Å². The summed E-state index contributed by atoms with van der Waals surface area (Å²) >= 11 is 0. The summed E-state index contributed by atoms with van der Waals surface area (Å²) in [5, 5.41) is 7.42. The minimum absolute atomic E-state index is 0. The Morgan fingerprint density at radius 1 is 0.556 bits per heavy atom. The van der Waals surface area contributed by atoms with E-state index in [1.807, 2.05) is 0 Å². The van der Waals surface area contributed by atoms with Crippen molar-refractivity contribution in [3.63, 3.8) is 0 Å². The normalized spacial score (nSPS) is 3.07. The average Bonchev–Trinajstić information content (AvgIpc) is 1.19. The first-order chi connectivity index (χ1) is 3.73. The summed E-state index contributed by atoms with van der Waals surface area (Å²) in [6.07, 6.45) is 0. The van der Waals surface area contributed by atoms with Gasteiger partial charge in [0, 0.05) is 6.92 Å². The third-order valence-corrected chi connectivity index (χ3v) is 0. The van der Waals surface area contributed by atoms with E-state index in [-0.39, 0.29) is 159 Å². The number of carboxylic acids is 1. The number of hydrogen-bond donors (Lipinski definition) is 3. The first-order valence-corrected chi connectivity index (χ1v) is 3.02. The molecule has 0 aliphatic heterocycles. The molecule has 0 atom stereocenters. The van der Waals surface area contributed by atoms with Crippen molar-refractivity contribution in [2.24, 2.45) is 0 Å². The van der Waals surface area contributed by atoms with E-state index < -0.39 is 16.4 Å². The zero-order chi connectivity index (χ0) is 8.08. The van der Waals surface area contributed by atoms with E-state index in [1.165, 1.54) is 0 Å². The Bertz CT molecular complexity index is 175. The molecule has 186 valence electrons. The van der Waals surface area contributed by atoms with E-state index in [0.717, 1.165) is 6.92 Å². The van der Waals surface area contributed by atoms with Crippen LogP contribution in [-0.4, -0.2) is 187 Å². The van der Waals surface area contributed by atoms with Gasteiger partial charge in [-0.05, 0) is 0 Å². The summed E-state index contributed by atoms with van der Waals surface area (Å²) in [7, 11) is -4.67. The summed E-state index contributed by atoms with van der Waals surface area (Å²) in [4.78, 5) is 9.00. The van der Waals surface area contributed by atoms with E-state index >= 15 is 0 Å². The van der Waals surface area contributed by atoms with Gasteiger partial charge in [0.2, 0.25) is 0 Å². The molecule has 0 heterocycles. The topological polar surface area (TPSA) is 584 Å². The van der Waals surface area contributed by atoms with E-state index in [2.05, 4.69) is 0 Å². The zero-order valence-corrected chi connectivity index (χ0v) is 12.8. The van der Waals surface area contributed by atoms with Gasteiger partial charge < -0.3 is 87.2 Å². The van der Waals surface area contributed by atoms with Gasteiger partial charge in [0.1, 0.15) is 0 Å². The fraction of sp³-hybridized carbons (Fsp3) is 0.500. The van der Waals surface area contributed by atoms with E-state index in [9.17, 15) is 0 Å². The number of hydrogen-bond acceptors (Lipinski definition) is 3. The van der Waals surface area contributed by atoms with Crippen molar-refractivity contribution >= 4 is 92.8 Å². The Kier molecular flexibility index (Phi) is 2030. The first-order valence-electron chi connectivity index (χ1n) is 1.63. The SMILES string of the molecule is CC(=O)O.O.O.O.O.O.O.O.O.O.O.O.O.O.O.O.O=S(=O)(O)O.[AlH3].[NaH].[NaH]. The maximum absolute atomic E-state index is 9.00. The van der Waals surface area contributed by atoms with Crippen LogP contribution in [0.15, 0.2) is 0 Å². The van der Waals surface area contributed by atoms with Crippen molar-refractivity contribution in [2.45, 2.75) is 6.92 Å². The second kappa shape index (κ2) is 178. The summed E-state index contributed by atoms with van der Waals surface area (Å²) in [6.45, 7) is 1.08. The number of aliphatic carboxylic acids is 1. The molecule has 0 aromatic heterocycles. The maximum atomic E-state index is 9.00. The third-order valence-electron chi connectivity index (χ3n) is 0. The van der Waals surface area contributed by atoms with Crippen molar-refractivity contribution in [2.75, 3.05) is 0 Å². The average molecular weight is 506 g/mol. The monoisotopic (exact) mass is 506 g/mol. The van der Waals surface area contributed by atoms with Gasteiger partial charge in [-0.3, -0.25) is 13.9 Å². The van der Waals surface area contributed by atoms with Crippen LogP contribution in [0.4, 0.5) is 0 Å². The van der Waals surface area contributed by atoms with Crippen LogP contribution >= 0.6 is 0 Å². The molecule has 0 bridgehead atoms. The summed E-state index contributed by atoms with van der Waals surface area (Å²) in [6, 6.07) is 0. The molecule has 0 saturated carbocycles. The summed E-state index contributed by atoms with van der Waals surface area (Å²) in [5.41, 5.74) is 0. The molecule has 33 N–H and O–H groups in total. The van der Waals surface area contributed by atoms with Crippen LogP contribution in [0.1, 0.15) is 6.92 Å². The zero-order valence-electron chi connectivity index (χ0n) is 12.0. The predicted octanol–water partition coefficient (Wildman–Crippen LogP) is -15.4. The molecule has 0 aliphatic carbocycles. The van der Waals surface area contributed by atoms with Crippen molar-refractivity contribution in [3.8, 4) is 0 Å². The second-order valence-corrected chi connectivity index (χ2v) is 1.86. The van der Waals surface area contributed by atoms with E-state index in [0.29, 0.717) is 0 Å². The Labute approximate surface area is 208 Å². The standard InChI is InChI=1S/C2H4O2.Al.2Na.H2O4S.15H2O.5H/c1-2(3)4;;;;1-5(2,3)4;;;;;;;;;;;;;;;;;;;;/h1H3,(H,3,4);;;;(H2,1,2,3,4);15*1H2;;;;;. The predicted molar refractivity (Wildman–Crippen MR) is 106 cm³/mol. The van der Waals surface area contributed by atoms with Crippen LogP contribution in [0.2, 0.25) is 0 Å². The molecule has 0 spiro atoms.